The Labute approximate surface area is 115 Å². The number of amides is 3. The summed E-state index contributed by atoms with van der Waals surface area (Å²) >= 11 is 0. The third-order valence-corrected chi connectivity index (χ3v) is 2.50. The van der Waals surface area contributed by atoms with Crippen molar-refractivity contribution in [3.63, 3.8) is 0 Å². The van der Waals surface area contributed by atoms with Crippen LogP contribution in [0.2, 0.25) is 0 Å². The second-order valence-electron chi connectivity index (χ2n) is 4.24. The molecule has 8 nitrogen and oxygen atoms in total. The van der Waals surface area contributed by atoms with Gasteiger partial charge in [-0.15, -0.1) is 0 Å². The number of carbonyl (C=O) groups excluding carboxylic acids is 2. The Morgan fingerprint density at radius 1 is 1.40 bits per heavy atom. The van der Waals surface area contributed by atoms with Gasteiger partial charge >= 0.3 is 12.0 Å². The number of aliphatic carboxylic acids is 1. The molecule has 5 N–H and O–H groups in total. The van der Waals surface area contributed by atoms with Gasteiger partial charge in [0, 0.05) is 6.42 Å². The van der Waals surface area contributed by atoms with Crippen molar-refractivity contribution in [2.75, 3.05) is 0 Å². The zero-order valence-corrected chi connectivity index (χ0v) is 11.0. The van der Waals surface area contributed by atoms with Crippen molar-refractivity contribution in [1.29, 1.82) is 0 Å². The van der Waals surface area contributed by atoms with Gasteiger partial charge < -0.3 is 25.9 Å². The summed E-state index contributed by atoms with van der Waals surface area (Å²) in [6.07, 6.45) is -0.174. The predicted molar refractivity (Wildman–Crippen MR) is 68.7 cm³/mol. The van der Waals surface area contributed by atoms with E-state index in [2.05, 4.69) is 10.6 Å². The minimum absolute atomic E-state index is 0.0576. The first-order chi connectivity index (χ1) is 9.38. The van der Waals surface area contributed by atoms with E-state index in [1.54, 1.807) is 19.1 Å². The molecule has 0 fully saturated rings. The molecule has 110 valence electrons. The topological polar surface area (TPSA) is 135 Å². The van der Waals surface area contributed by atoms with Crippen LogP contribution in [-0.2, 0) is 16.1 Å². The van der Waals surface area contributed by atoms with Gasteiger partial charge in [-0.25, -0.2) is 9.59 Å². The number of urea groups is 1. The molecule has 1 atom stereocenters. The Hall–Kier alpha value is -2.51. The number of hydrogen-bond acceptors (Lipinski definition) is 4. The lowest BCUT2D eigenvalue weighted by atomic mass is 10.1. The highest BCUT2D eigenvalue weighted by atomic mass is 16.4. The van der Waals surface area contributed by atoms with Crippen LogP contribution in [0.25, 0.3) is 0 Å². The Balaban J connectivity index is 2.41. The number of nitrogens with one attached hydrogen (secondary N) is 2. The fraction of sp³-hybridized carbons (Fsp3) is 0.417. The van der Waals surface area contributed by atoms with Gasteiger partial charge in [0.15, 0.2) is 0 Å². The van der Waals surface area contributed by atoms with Gasteiger partial charge in [0.25, 0.3) is 0 Å². The molecule has 1 aromatic heterocycles. The maximum absolute atomic E-state index is 11.5. The van der Waals surface area contributed by atoms with Crippen molar-refractivity contribution < 1.29 is 23.9 Å². The van der Waals surface area contributed by atoms with Crippen molar-refractivity contribution in [1.82, 2.24) is 10.6 Å². The quantitative estimate of drug-likeness (QED) is 0.563. The standard InChI is InChI=1S/C12H17N3O5/c1-7-2-3-8(20-7)6-14-12(19)15-9(11(17)18)4-5-10(13)16/h2-3,9H,4-6H2,1H3,(H2,13,16)(H,17,18)(H2,14,15,19)/t9-/m0/s1. The van der Waals surface area contributed by atoms with Crippen LogP contribution in [-0.4, -0.2) is 29.1 Å². The van der Waals surface area contributed by atoms with Crippen molar-refractivity contribution in [3.05, 3.63) is 23.7 Å². The highest BCUT2D eigenvalue weighted by molar-refractivity contribution is 5.83. The number of aryl methyl sites for hydroxylation is 1. The molecule has 8 heteroatoms. The number of carbonyl (C=O) groups is 3. The molecule has 0 aromatic carbocycles. The first kappa shape index (κ1) is 15.5. The SMILES string of the molecule is Cc1ccc(CNC(=O)N[C@@H](CCC(N)=O)C(=O)O)o1. The lowest BCUT2D eigenvalue weighted by Crippen LogP contribution is -2.46. The van der Waals surface area contributed by atoms with E-state index in [1.165, 1.54) is 0 Å². The lowest BCUT2D eigenvalue weighted by molar-refractivity contribution is -0.139. The monoisotopic (exact) mass is 283 g/mol. The maximum atomic E-state index is 11.5. The van der Waals surface area contributed by atoms with Gasteiger partial charge in [-0.1, -0.05) is 0 Å². The fourth-order valence-electron chi connectivity index (χ4n) is 1.50. The van der Waals surface area contributed by atoms with E-state index < -0.39 is 23.9 Å². The molecular formula is C12H17N3O5. The Bertz CT molecular complexity index is 497. The number of primary amides is 1. The van der Waals surface area contributed by atoms with Crippen molar-refractivity contribution in [2.24, 2.45) is 5.73 Å². The zero-order chi connectivity index (χ0) is 15.1. The highest BCUT2D eigenvalue weighted by Gasteiger charge is 2.20. The third-order valence-electron chi connectivity index (χ3n) is 2.50. The van der Waals surface area contributed by atoms with Crippen LogP contribution in [0.5, 0.6) is 0 Å². The number of furan rings is 1. The number of carboxylic acids is 1. The molecule has 20 heavy (non-hydrogen) atoms. The van der Waals surface area contributed by atoms with Gasteiger partial charge in [-0.3, -0.25) is 4.79 Å². The maximum Gasteiger partial charge on any atom is 0.326 e. The summed E-state index contributed by atoms with van der Waals surface area (Å²) in [7, 11) is 0. The average molecular weight is 283 g/mol. The minimum atomic E-state index is -1.23. The summed E-state index contributed by atoms with van der Waals surface area (Å²) in [4.78, 5) is 33.1. The summed E-state index contributed by atoms with van der Waals surface area (Å²) in [5.41, 5.74) is 4.94. The number of carboxylic acid groups (broad SMARTS) is 1. The van der Waals surface area contributed by atoms with Crippen LogP contribution in [0.4, 0.5) is 4.79 Å². The van der Waals surface area contributed by atoms with Gasteiger partial charge in [0.2, 0.25) is 5.91 Å². The summed E-state index contributed by atoms with van der Waals surface area (Å²) in [5, 5.41) is 13.6. The van der Waals surface area contributed by atoms with Crippen LogP contribution in [0.3, 0.4) is 0 Å². The number of nitrogens with two attached hydrogens (primary N) is 1. The second-order valence-corrected chi connectivity index (χ2v) is 4.24. The van der Waals surface area contributed by atoms with E-state index in [4.69, 9.17) is 15.3 Å². The predicted octanol–water partition coefficient (Wildman–Crippen LogP) is 0.106. The molecule has 0 radical (unpaired) electrons. The molecule has 1 heterocycles. The van der Waals surface area contributed by atoms with E-state index in [9.17, 15) is 14.4 Å². The van der Waals surface area contributed by atoms with E-state index in [0.717, 1.165) is 0 Å². The fourth-order valence-corrected chi connectivity index (χ4v) is 1.50. The molecule has 0 saturated heterocycles. The molecule has 0 unspecified atom stereocenters. The van der Waals surface area contributed by atoms with Gasteiger partial charge in [0.1, 0.15) is 17.6 Å². The average Bonchev–Trinajstić information content (AvgIpc) is 2.77. The van der Waals surface area contributed by atoms with Crippen LogP contribution in [0.15, 0.2) is 16.5 Å². The van der Waals surface area contributed by atoms with Crippen molar-refractivity contribution in [2.45, 2.75) is 32.4 Å². The number of hydrogen-bond donors (Lipinski definition) is 4. The van der Waals surface area contributed by atoms with Crippen molar-refractivity contribution >= 4 is 17.9 Å². The number of rotatable bonds is 7. The molecule has 1 aromatic rings. The minimum Gasteiger partial charge on any atom is -0.480 e. The second kappa shape index (κ2) is 7.17. The van der Waals surface area contributed by atoms with Gasteiger partial charge in [0.05, 0.1) is 6.54 Å². The van der Waals surface area contributed by atoms with Crippen molar-refractivity contribution in [3.8, 4) is 0 Å². The summed E-state index contributed by atoms with van der Waals surface area (Å²) < 4.78 is 5.25. The van der Waals surface area contributed by atoms with E-state index in [1.807, 2.05) is 0 Å². The van der Waals surface area contributed by atoms with E-state index in [-0.39, 0.29) is 19.4 Å². The molecule has 0 aliphatic rings. The van der Waals surface area contributed by atoms with E-state index in [0.29, 0.717) is 11.5 Å². The first-order valence-electron chi connectivity index (χ1n) is 5.99. The summed E-state index contributed by atoms with van der Waals surface area (Å²) in [5.74, 6) is -0.575. The van der Waals surface area contributed by atoms with Gasteiger partial charge in [-0.2, -0.15) is 0 Å². The Morgan fingerprint density at radius 3 is 2.60 bits per heavy atom. The molecule has 0 bridgehead atoms. The van der Waals surface area contributed by atoms with E-state index >= 15 is 0 Å². The third kappa shape index (κ3) is 5.42. The summed E-state index contributed by atoms with van der Waals surface area (Å²) in [6.45, 7) is 1.91. The first-order valence-corrected chi connectivity index (χ1v) is 5.99. The van der Waals surface area contributed by atoms with Crippen LogP contribution < -0.4 is 16.4 Å². The van der Waals surface area contributed by atoms with Crippen LogP contribution >= 0.6 is 0 Å². The molecule has 1 rings (SSSR count). The lowest BCUT2D eigenvalue weighted by Gasteiger charge is -2.14. The van der Waals surface area contributed by atoms with Crippen LogP contribution in [0.1, 0.15) is 24.4 Å². The Kier molecular flexibility index (Phi) is 5.57. The highest BCUT2D eigenvalue weighted by Crippen LogP contribution is 2.05. The largest absolute Gasteiger partial charge is 0.480 e. The molecular weight excluding hydrogens is 266 g/mol. The Morgan fingerprint density at radius 2 is 2.10 bits per heavy atom. The molecule has 0 saturated carbocycles. The summed E-state index contributed by atoms with van der Waals surface area (Å²) in [6, 6.07) is 1.64. The smallest absolute Gasteiger partial charge is 0.326 e. The molecule has 0 aliphatic carbocycles. The molecule has 3 amide bonds. The molecule has 0 aliphatic heterocycles. The normalized spacial score (nSPS) is 11.7. The zero-order valence-electron chi connectivity index (χ0n) is 11.0. The molecule has 0 spiro atoms. The van der Waals surface area contributed by atoms with Crippen LogP contribution in [0, 0.1) is 6.92 Å². The van der Waals surface area contributed by atoms with Gasteiger partial charge in [-0.05, 0) is 25.5 Å².